The standard InChI is InChI=1S/C16H21Cl2N3O3/c1-24-10-5-19-11-14(22)20-6-8-21(9-7-20)16(23)12-3-2-4-13(17)15(12)18/h2-4,19H,5-11H2,1H3. The largest absolute Gasteiger partial charge is 0.383 e. The number of carbonyl (C=O) groups is 2. The van der Waals surface area contributed by atoms with Gasteiger partial charge in [0.25, 0.3) is 5.91 Å². The Morgan fingerprint density at radius 3 is 2.50 bits per heavy atom. The average Bonchev–Trinajstić information content (AvgIpc) is 2.60. The quantitative estimate of drug-likeness (QED) is 0.767. The van der Waals surface area contributed by atoms with Crippen molar-refractivity contribution in [3.8, 4) is 0 Å². The minimum Gasteiger partial charge on any atom is -0.383 e. The first-order valence-corrected chi connectivity index (χ1v) is 8.51. The predicted molar refractivity (Wildman–Crippen MR) is 93.7 cm³/mol. The number of amides is 2. The van der Waals surface area contributed by atoms with Crippen molar-refractivity contribution in [3.05, 3.63) is 33.8 Å². The van der Waals surface area contributed by atoms with Crippen molar-refractivity contribution in [2.45, 2.75) is 0 Å². The zero-order chi connectivity index (χ0) is 17.5. The molecule has 1 aliphatic heterocycles. The molecular formula is C16H21Cl2N3O3. The van der Waals surface area contributed by atoms with E-state index in [2.05, 4.69) is 5.32 Å². The molecule has 0 atom stereocenters. The highest BCUT2D eigenvalue weighted by atomic mass is 35.5. The summed E-state index contributed by atoms with van der Waals surface area (Å²) in [6, 6.07) is 5.01. The number of nitrogens with zero attached hydrogens (tertiary/aromatic N) is 2. The second-order valence-electron chi connectivity index (χ2n) is 5.44. The second-order valence-corrected chi connectivity index (χ2v) is 6.23. The van der Waals surface area contributed by atoms with Crippen LogP contribution in [0.4, 0.5) is 0 Å². The van der Waals surface area contributed by atoms with Gasteiger partial charge in [-0.05, 0) is 12.1 Å². The molecule has 1 heterocycles. The van der Waals surface area contributed by atoms with Gasteiger partial charge in [-0.15, -0.1) is 0 Å². The number of piperazine rings is 1. The van der Waals surface area contributed by atoms with Crippen LogP contribution in [0.3, 0.4) is 0 Å². The smallest absolute Gasteiger partial charge is 0.255 e. The van der Waals surface area contributed by atoms with E-state index in [0.717, 1.165) is 0 Å². The van der Waals surface area contributed by atoms with Crippen LogP contribution in [-0.4, -0.2) is 74.6 Å². The molecule has 24 heavy (non-hydrogen) atoms. The van der Waals surface area contributed by atoms with Crippen molar-refractivity contribution in [3.63, 3.8) is 0 Å². The first-order chi connectivity index (χ1) is 11.5. The van der Waals surface area contributed by atoms with Gasteiger partial charge in [0.15, 0.2) is 0 Å². The van der Waals surface area contributed by atoms with E-state index in [1.165, 1.54) is 0 Å². The third-order valence-electron chi connectivity index (χ3n) is 3.86. The number of rotatable bonds is 6. The Bertz CT molecular complexity index is 590. The maximum Gasteiger partial charge on any atom is 0.255 e. The van der Waals surface area contributed by atoms with E-state index in [4.69, 9.17) is 27.9 Å². The zero-order valence-corrected chi connectivity index (χ0v) is 15.1. The van der Waals surface area contributed by atoms with Gasteiger partial charge in [0.2, 0.25) is 5.91 Å². The summed E-state index contributed by atoms with van der Waals surface area (Å²) in [7, 11) is 1.62. The number of benzene rings is 1. The van der Waals surface area contributed by atoms with E-state index in [1.54, 1.807) is 35.1 Å². The number of hydrogen-bond donors (Lipinski definition) is 1. The van der Waals surface area contributed by atoms with Gasteiger partial charge in [-0.2, -0.15) is 0 Å². The minimum absolute atomic E-state index is 0.0268. The summed E-state index contributed by atoms with van der Waals surface area (Å²) in [6.07, 6.45) is 0. The summed E-state index contributed by atoms with van der Waals surface area (Å²) < 4.78 is 4.92. The van der Waals surface area contributed by atoms with Crippen LogP contribution in [0.25, 0.3) is 0 Å². The van der Waals surface area contributed by atoms with Crippen LogP contribution < -0.4 is 5.32 Å². The van der Waals surface area contributed by atoms with Crippen molar-refractivity contribution >= 4 is 35.0 Å². The normalized spacial score (nSPS) is 14.8. The summed E-state index contributed by atoms with van der Waals surface area (Å²) in [5.74, 6) is -0.133. The highest BCUT2D eigenvalue weighted by Crippen LogP contribution is 2.26. The summed E-state index contributed by atoms with van der Waals surface area (Å²) in [4.78, 5) is 28.1. The van der Waals surface area contributed by atoms with Gasteiger partial charge in [-0.1, -0.05) is 29.3 Å². The van der Waals surface area contributed by atoms with E-state index in [9.17, 15) is 9.59 Å². The van der Waals surface area contributed by atoms with E-state index < -0.39 is 0 Å². The van der Waals surface area contributed by atoms with Gasteiger partial charge < -0.3 is 19.9 Å². The Kier molecular flexibility index (Phi) is 7.30. The number of nitrogens with one attached hydrogen (secondary N) is 1. The predicted octanol–water partition coefficient (Wildman–Crippen LogP) is 1.51. The lowest BCUT2D eigenvalue weighted by molar-refractivity contribution is -0.131. The Hall–Kier alpha value is -1.34. The molecule has 0 bridgehead atoms. The monoisotopic (exact) mass is 373 g/mol. The molecule has 2 rings (SSSR count). The molecule has 1 aromatic carbocycles. The van der Waals surface area contributed by atoms with Crippen molar-refractivity contribution in [2.75, 3.05) is 53.0 Å². The molecule has 1 saturated heterocycles. The lowest BCUT2D eigenvalue weighted by Gasteiger charge is -2.35. The van der Waals surface area contributed by atoms with Crippen LogP contribution in [0.1, 0.15) is 10.4 Å². The summed E-state index contributed by atoms with van der Waals surface area (Å²) >= 11 is 12.1. The maximum absolute atomic E-state index is 12.5. The molecule has 6 nitrogen and oxygen atoms in total. The molecule has 0 unspecified atom stereocenters. The lowest BCUT2D eigenvalue weighted by atomic mass is 10.1. The van der Waals surface area contributed by atoms with Gasteiger partial charge in [0.05, 0.1) is 28.8 Å². The molecular weight excluding hydrogens is 353 g/mol. The van der Waals surface area contributed by atoms with Crippen LogP contribution >= 0.6 is 23.2 Å². The average molecular weight is 374 g/mol. The minimum atomic E-state index is -0.159. The zero-order valence-electron chi connectivity index (χ0n) is 13.6. The third-order valence-corrected chi connectivity index (χ3v) is 4.68. The van der Waals surface area contributed by atoms with Crippen LogP contribution in [0.2, 0.25) is 10.0 Å². The Labute approximate surface area is 151 Å². The van der Waals surface area contributed by atoms with E-state index in [-0.39, 0.29) is 23.4 Å². The summed E-state index contributed by atoms with van der Waals surface area (Å²) in [5.41, 5.74) is 0.394. The maximum atomic E-state index is 12.5. The van der Waals surface area contributed by atoms with Gasteiger partial charge in [-0.3, -0.25) is 9.59 Å². The molecule has 1 aliphatic rings. The van der Waals surface area contributed by atoms with Crippen LogP contribution in [0, 0.1) is 0 Å². The first-order valence-electron chi connectivity index (χ1n) is 7.75. The van der Waals surface area contributed by atoms with Gasteiger partial charge >= 0.3 is 0 Å². The first kappa shape index (κ1) is 19.0. The van der Waals surface area contributed by atoms with Gasteiger partial charge in [0.1, 0.15) is 0 Å². The Balaban J connectivity index is 1.85. The summed E-state index contributed by atoms with van der Waals surface area (Å²) in [5, 5.41) is 3.66. The topological polar surface area (TPSA) is 61.9 Å². The van der Waals surface area contributed by atoms with E-state index in [1.807, 2.05) is 0 Å². The fourth-order valence-corrected chi connectivity index (χ4v) is 2.86. The molecule has 0 saturated carbocycles. The van der Waals surface area contributed by atoms with Crippen molar-refractivity contribution in [1.82, 2.24) is 15.1 Å². The highest BCUT2D eigenvalue weighted by molar-refractivity contribution is 6.43. The number of methoxy groups -OCH3 is 1. The highest BCUT2D eigenvalue weighted by Gasteiger charge is 2.26. The van der Waals surface area contributed by atoms with Crippen molar-refractivity contribution in [1.29, 1.82) is 0 Å². The van der Waals surface area contributed by atoms with Gasteiger partial charge in [-0.25, -0.2) is 0 Å². The fourth-order valence-electron chi connectivity index (χ4n) is 2.48. The molecule has 0 aliphatic carbocycles. The van der Waals surface area contributed by atoms with E-state index in [0.29, 0.717) is 49.9 Å². The Morgan fingerprint density at radius 1 is 1.17 bits per heavy atom. The second kappa shape index (κ2) is 9.22. The molecule has 1 aromatic rings. The SMILES string of the molecule is COCCNCC(=O)N1CCN(C(=O)c2cccc(Cl)c2Cl)CC1. The fraction of sp³-hybridized carbons (Fsp3) is 0.500. The molecule has 0 radical (unpaired) electrons. The van der Waals surface area contributed by atoms with Crippen LogP contribution in [0.15, 0.2) is 18.2 Å². The van der Waals surface area contributed by atoms with E-state index >= 15 is 0 Å². The van der Waals surface area contributed by atoms with Gasteiger partial charge in [0, 0.05) is 39.8 Å². The number of ether oxygens (including phenoxy) is 1. The molecule has 1 N–H and O–H groups in total. The summed E-state index contributed by atoms with van der Waals surface area (Å²) in [6.45, 7) is 3.45. The number of carbonyl (C=O) groups excluding carboxylic acids is 2. The van der Waals surface area contributed by atoms with Crippen molar-refractivity contribution < 1.29 is 14.3 Å². The Morgan fingerprint density at radius 2 is 1.83 bits per heavy atom. The third kappa shape index (κ3) is 4.83. The van der Waals surface area contributed by atoms with Crippen LogP contribution in [0.5, 0.6) is 0 Å². The molecule has 1 fully saturated rings. The molecule has 132 valence electrons. The number of halogens is 2. The van der Waals surface area contributed by atoms with Crippen molar-refractivity contribution in [2.24, 2.45) is 0 Å². The molecule has 0 spiro atoms. The number of hydrogen-bond acceptors (Lipinski definition) is 4. The molecule has 8 heteroatoms. The molecule has 2 amide bonds. The van der Waals surface area contributed by atoms with Crippen LogP contribution in [-0.2, 0) is 9.53 Å². The molecule has 0 aromatic heterocycles. The lowest BCUT2D eigenvalue weighted by Crippen LogP contribution is -2.52.